The van der Waals surface area contributed by atoms with E-state index in [2.05, 4.69) is 18.7 Å². The van der Waals surface area contributed by atoms with E-state index in [0.29, 0.717) is 0 Å². The summed E-state index contributed by atoms with van der Waals surface area (Å²) in [6, 6.07) is 0. The van der Waals surface area contributed by atoms with Crippen molar-refractivity contribution in [2.24, 2.45) is 5.92 Å². The highest BCUT2D eigenvalue weighted by Crippen LogP contribution is 2.25. The number of hydrogen-bond acceptors (Lipinski definition) is 1. The molecule has 8 heavy (non-hydrogen) atoms. The Balaban J connectivity index is 2.24. The van der Waals surface area contributed by atoms with Crippen molar-refractivity contribution in [2.45, 2.75) is 25.7 Å². The van der Waals surface area contributed by atoms with E-state index in [1.165, 1.54) is 25.7 Å². The SMILES string of the molecule is S/C=C/C1CCCC1. The quantitative estimate of drug-likeness (QED) is 0.516. The second-order valence-electron chi connectivity index (χ2n) is 2.39. The summed E-state index contributed by atoms with van der Waals surface area (Å²) in [5, 5.41) is 1.87. The van der Waals surface area contributed by atoms with Crippen molar-refractivity contribution in [3.63, 3.8) is 0 Å². The summed E-state index contributed by atoms with van der Waals surface area (Å²) in [6.45, 7) is 0. The Labute approximate surface area is 56.4 Å². The Kier molecular flexibility index (Phi) is 2.47. The Morgan fingerprint density at radius 3 is 2.38 bits per heavy atom. The van der Waals surface area contributed by atoms with Crippen LogP contribution in [-0.2, 0) is 0 Å². The summed E-state index contributed by atoms with van der Waals surface area (Å²) in [7, 11) is 0. The molecule has 0 spiro atoms. The molecule has 0 heterocycles. The van der Waals surface area contributed by atoms with E-state index in [1.54, 1.807) is 0 Å². The molecule has 1 rings (SSSR count). The van der Waals surface area contributed by atoms with Crippen molar-refractivity contribution in [2.75, 3.05) is 0 Å². The first-order chi connectivity index (χ1) is 3.93. The van der Waals surface area contributed by atoms with Crippen molar-refractivity contribution in [1.82, 2.24) is 0 Å². The fourth-order valence-corrected chi connectivity index (χ4v) is 1.51. The standard InChI is InChI=1S/C7H12S/c8-6-5-7-3-1-2-4-7/h5-8H,1-4H2/b6-5+. The molecule has 0 saturated heterocycles. The van der Waals surface area contributed by atoms with Crippen LogP contribution in [0.25, 0.3) is 0 Å². The minimum atomic E-state index is 0.854. The summed E-state index contributed by atoms with van der Waals surface area (Å²) in [6.07, 6.45) is 7.82. The largest absolute Gasteiger partial charge is 0.152 e. The molecule has 0 bridgehead atoms. The summed E-state index contributed by atoms with van der Waals surface area (Å²) >= 11 is 4.02. The highest BCUT2D eigenvalue weighted by Gasteiger charge is 2.10. The molecule has 1 fully saturated rings. The summed E-state index contributed by atoms with van der Waals surface area (Å²) in [5.74, 6) is 0.854. The first kappa shape index (κ1) is 6.21. The normalized spacial score (nSPS) is 23.1. The third-order valence-corrected chi connectivity index (χ3v) is 1.93. The van der Waals surface area contributed by atoms with Gasteiger partial charge in [-0.15, -0.1) is 0 Å². The van der Waals surface area contributed by atoms with Crippen LogP contribution in [0.3, 0.4) is 0 Å². The maximum Gasteiger partial charge on any atom is -0.0225 e. The van der Waals surface area contributed by atoms with E-state index in [4.69, 9.17) is 0 Å². The Morgan fingerprint density at radius 1 is 1.25 bits per heavy atom. The molecule has 0 atom stereocenters. The fraction of sp³-hybridized carbons (Fsp3) is 0.714. The summed E-state index contributed by atoms with van der Waals surface area (Å²) in [5.41, 5.74) is 0. The molecule has 0 amide bonds. The zero-order chi connectivity index (χ0) is 5.82. The van der Waals surface area contributed by atoms with E-state index in [9.17, 15) is 0 Å². The predicted molar refractivity (Wildman–Crippen MR) is 40.1 cm³/mol. The fourth-order valence-electron chi connectivity index (χ4n) is 1.27. The molecule has 0 aromatic heterocycles. The molecule has 0 aromatic rings. The molecule has 1 saturated carbocycles. The third kappa shape index (κ3) is 1.55. The highest BCUT2D eigenvalue weighted by atomic mass is 32.1. The Morgan fingerprint density at radius 2 is 1.88 bits per heavy atom. The van der Waals surface area contributed by atoms with Crippen LogP contribution in [0.4, 0.5) is 0 Å². The maximum absolute atomic E-state index is 4.02. The zero-order valence-electron chi connectivity index (χ0n) is 5.01. The third-order valence-electron chi connectivity index (χ3n) is 1.76. The summed E-state index contributed by atoms with van der Waals surface area (Å²) < 4.78 is 0. The molecule has 0 nitrogen and oxygen atoms in total. The molecule has 1 aliphatic carbocycles. The average Bonchev–Trinajstić information content (AvgIpc) is 2.19. The first-order valence-corrected chi connectivity index (χ1v) is 3.76. The lowest BCUT2D eigenvalue weighted by atomic mass is 10.1. The van der Waals surface area contributed by atoms with E-state index >= 15 is 0 Å². The monoisotopic (exact) mass is 128 g/mol. The van der Waals surface area contributed by atoms with Crippen molar-refractivity contribution >= 4 is 12.6 Å². The highest BCUT2D eigenvalue weighted by molar-refractivity contribution is 7.83. The van der Waals surface area contributed by atoms with E-state index in [0.717, 1.165) is 5.92 Å². The van der Waals surface area contributed by atoms with Crippen LogP contribution in [0.2, 0.25) is 0 Å². The Bertz CT molecular complexity index is 80.4. The molecule has 1 aliphatic rings. The molecule has 1 heteroatoms. The lowest BCUT2D eigenvalue weighted by Crippen LogP contribution is -1.82. The zero-order valence-corrected chi connectivity index (χ0v) is 5.90. The lowest BCUT2D eigenvalue weighted by molar-refractivity contribution is 0.687. The van der Waals surface area contributed by atoms with Gasteiger partial charge in [0.15, 0.2) is 0 Å². The van der Waals surface area contributed by atoms with Gasteiger partial charge in [-0.3, -0.25) is 0 Å². The van der Waals surface area contributed by atoms with Crippen molar-refractivity contribution in [3.05, 3.63) is 11.5 Å². The minimum absolute atomic E-state index is 0.854. The van der Waals surface area contributed by atoms with Crippen LogP contribution in [0.5, 0.6) is 0 Å². The molecule has 0 radical (unpaired) electrons. The van der Waals surface area contributed by atoms with Gasteiger partial charge in [0.25, 0.3) is 0 Å². The van der Waals surface area contributed by atoms with Crippen LogP contribution in [0, 0.1) is 5.92 Å². The van der Waals surface area contributed by atoms with Crippen LogP contribution in [0.15, 0.2) is 11.5 Å². The smallest absolute Gasteiger partial charge is 0.0225 e. The van der Waals surface area contributed by atoms with Crippen LogP contribution in [0.1, 0.15) is 25.7 Å². The maximum atomic E-state index is 4.02. The molecule has 0 aromatic carbocycles. The van der Waals surface area contributed by atoms with Crippen molar-refractivity contribution in [3.8, 4) is 0 Å². The molecule has 46 valence electrons. The van der Waals surface area contributed by atoms with Crippen LogP contribution >= 0.6 is 12.6 Å². The second-order valence-corrected chi connectivity index (χ2v) is 2.68. The average molecular weight is 128 g/mol. The number of thiol groups is 1. The molecule has 0 unspecified atom stereocenters. The number of hydrogen-bond donors (Lipinski definition) is 1. The van der Waals surface area contributed by atoms with E-state index in [1.807, 2.05) is 5.41 Å². The van der Waals surface area contributed by atoms with Crippen molar-refractivity contribution < 1.29 is 0 Å². The lowest BCUT2D eigenvalue weighted by Gasteiger charge is -1.96. The molecular weight excluding hydrogens is 116 g/mol. The Hall–Kier alpha value is 0.0900. The topological polar surface area (TPSA) is 0 Å². The second kappa shape index (κ2) is 3.18. The minimum Gasteiger partial charge on any atom is -0.152 e. The van der Waals surface area contributed by atoms with Gasteiger partial charge in [-0.1, -0.05) is 18.9 Å². The van der Waals surface area contributed by atoms with Gasteiger partial charge < -0.3 is 0 Å². The van der Waals surface area contributed by atoms with E-state index in [-0.39, 0.29) is 0 Å². The van der Waals surface area contributed by atoms with Gasteiger partial charge in [0, 0.05) is 0 Å². The predicted octanol–water partition coefficient (Wildman–Crippen LogP) is 2.62. The van der Waals surface area contributed by atoms with Gasteiger partial charge in [-0.05, 0) is 24.2 Å². The van der Waals surface area contributed by atoms with Gasteiger partial charge in [0.2, 0.25) is 0 Å². The van der Waals surface area contributed by atoms with E-state index < -0.39 is 0 Å². The first-order valence-electron chi connectivity index (χ1n) is 3.24. The van der Waals surface area contributed by atoms with Gasteiger partial charge in [-0.2, -0.15) is 12.6 Å². The summed E-state index contributed by atoms with van der Waals surface area (Å²) in [4.78, 5) is 0. The van der Waals surface area contributed by atoms with Gasteiger partial charge >= 0.3 is 0 Å². The van der Waals surface area contributed by atoms with Gasteiger partial charge in [0.05, 0.1) is 0 Å². The molecular formula is C7H12S. The van der Waals surface area contributed by atoms with Crippen LogP contribution < -0.4 is 0 Å². The molecule has 0 N–H and O–H groups in total. The van der Waals surface area contributed by atoms with Crippen molar-refractivity contribution in [1.29, 1.82) is 0 Å². The van der Waals surface area contributed by atoms with Crippen LogP contribution in [-0.4, -0.2) is 0 Å². The number of rotatable bonds is 1. The van der Waals surface area contributed by atoms with Gasteiger partial charge in [-0.25, -0.2) is 0 Å². The number of allylic oxidation sites excluding steroid dienone is 1. The van der Waals surface area contributed by atoms with Gasteiger partial charge in [0.1, 0.15) is 0 Å². The molecule has 0 aliphatic heterocycles.